The minimum Gasteiger partial charge on any atom is -0.326 e. The first-order valence-electron chi connectivity index (χ1n) is 10.4. The molecule has 1 heterocycles. The van der Waals surface area contributed by atoms with Crippen LogP contribution in [0.2, 0.25) is 0 Å². The van der Waals surface area contributed by atoms with Crippen molar-refractivity contribution >= 4 is 33.1 Å². The minimum atomic E-state index is -3.73. The molecular weight excluding hydrogens is 458 g/mol. The molecule has 9 heteroatoms. The molecule has 2 aromatic rings. The Morgan fingerprint density at radius 1 is 1.16 bits per heavy atom. The van der Waals surface area contributed by atoms with Crippen LogP contribution in [0.5, 0.6) is 0 Å². The second kappa shape index (κ2) is 9.29. The molecule has 2 atom stereocenters. The molecule has 0 unspecified atom stereocenters. The number of hydrogen-bond donors (Lipinski definition) is 1. The lowest BCUT2D eigenvalue weighted by Crippen LogP contribution is -2.50. The van der Waals surface area contributed by atoms with Gasteiger partial charge in [0.25, 0.3) is 0 Å². The van der Waals surface area contributed by atoms with Gasteiger partial charge in [0.05, 0.1) is 11.8 Å². The molecular formula is C23H23ClF2N2O3S. The highest BCUT2D eigenvalue weighted by Gasteiger charge is 2.43. The van der Waals surface area contributed by atoms with Gasteiger partial charge in [-0.15, -0.1) is 11.6 Å². The third-order valence-electron chi connectivity index (χ3n) is 5.75. The maximum atomic E-state index is 14.5. The first-order chi connectivity index (χ1) is 15.3. The van der Waals surface area contributed by atoms with Gasteiger partial charge in [0.1, 0.15) is 17.7 Å². The third-order valence-corrected chi connectivity index (χ3v) is 7.51. The van der Waals surface area contributed by atoms with Gasteiger partial charge in [-0.1, -0.05) is 36.4 Å². The van der Waals surface area contributed by atoms with Crippen molar-refractivity contribution in [2.45, 2.75) is 24.9 Å². The fourth-order valence-electron chi connectivity index (χ4n) is 3.99. The van der Waals surface area contributed by atoms with Gasteiger partial charge < -0.3 is 4.90 Å². The Kier molecular flexibility index (Phi) is 6.65. The molecule has 5 nitrogen and oxygen atoms in total. The van der Waals surface area contributed by atoms with Crippen molar-refractivity contribution in [3.05, 3.63) is 77.4 Å². The number of rotatable bonds is 8. The largest absolute Gasteiger partial charge is 0.326 e. The van der Waals surface area contributed by atoms with Crippen molar-refractivity contribution in [2.24, 2.45) is 5.92 Å². The van der Waals surface area contributed by atoms with Gasteiger partial charge in [0.2, 0.25) is 15.9 Å². The average Bonchev–Trinajstić information content (AvgIpc) is 3.51. The van der Waals surface area contributed by atoms with Crippen LogP contribution in [0.3, 0.4) is 0 Å². The Balaban J connectivity index is 1.68. The van der Waals surface area contributed by atoms with E-state index in [2.05, 4.69) is 4.72 Å². The SMILES string of the molecule is O=C([C@@H](NS(=O)(=O)CCCl)C1CC1)N1CC(c2cc(F)ccc2F)=C[C@H]1c1ccccc1. The lowest BCUT2D eigenvalue weighted by molar-refractivity contribution is -0.134. The van der Waals surface area contributed by atoms with Gasteiger partial charge in [-0.25, -0.2) is 21.9 Å². The zero-order chi connectivity index (χ0) is 22.9. The first-order valence-corrected chi connectivity index (χ1v) is 12.6. The summed E-state index contributed by atoms with van der Waals surface area (Å²) >= 11 is 5.60. The van der Waals surface area contributed by atoms with Gasteiger partial charge >= 0.3 is 0 Å². The molecule has 0 spiro atoms. The number of benzene rings is 2. The van der Waals surface area contributed by atoms with Crippen LogP contribution >= 0.6 is 11.6 Å². The number of carbonyl (C=O) groups excluding carboxylic acids is 1. The van der Waals surface area contributed by atoms with E-state index in [1.54, 1.807) is 6.08 Å². The van der Waals surface area contributed by atoms with Gasteiger partial charge in [0, 0.05) is 18.0 Å². The smallest absolute Gasteiger partial charge is 0.242 e. The Bertz CT molecular complexity index is 1140. The van der Waals surface area contributed by atoms with Gasteiger partial charge in [-0.2, -0.15) is 0 Å². The van der Waals surface area contributed by atoms with Gasteiger partial charge in [-0.05, 0) is 48.1 Å². The van der Waals surface area contributed by atoms with Crippen molar-refractivity contribution in [1.29, 1.82) is 0 Å². The van der Waals surface area contributed by atoms with E-state index in [1.165, 1.54) is 4.90 Å². The number of nitrogens with one attached hydrogen (secondary N) is 1. The molecule has 1 aliphatic heterocycles. The van der Waals surface area contributed by atoms with E-state index in [4.69, 9.17) is 11.6 Å². The van der Waals surface area contributed by atoms with Crippen LogP contribution < -0.4 is 4.72 Å². The highest BCUT2D eigenvalue weighted by Crippen LogP contribution is 2.39. The fraction of sp³-hybridized carbons (Fsp3) is 0.348. The van der Waals surface area contributed by atoms with E-state index in [0.717, 1.165) is 36.6 Å². The molecule has 0 aromatic heterocycles. The molecule has 1 amide bonds. The number of nitrogens with zero attached hydrogens (tertiary/aromatic N) is 1. The fourth-order valence-corrected chi connectivity index (χ4v) is 5.60. The maximum absolute atomic E-state index is 14.5. The topological polar surface area (TPSA) is 66.5 Å². The third kappa shape index (κ3) is 5.03. The van der Waals surface area contributed by atoms with E-state index in [1.807, 2.05) is 30.3 Å². The standard InChI is InChI=1S/C23H23ClF2N2O3S/c24-10-11-32(30,31)27-22(16-6-7-16)23(29)28-14-17(19-13-18(25)8-9-20(19)26)12-21(28)15-4-2-1-3-5-15/h1-5,8-9,12-13,16,21-22,27H,6-7,10-11,14H2/t21-,22-/m0/s1. The molecule has 1 fully saturated rings. The maximum Gasteiger partial charge on any atom is 0.242 e. The molecule has 0 radical (unpaired) electrons. The normalized spacial score (nSPS) is 19.7. The molecule has 0 bridgehead atoms. The number of alkyl halides is 1. The van der Waals surface area contributed by atoms with Crippen LogP contribution in [0.25, 0.3) is 5.57 Å². The van der Waals surface area contributed by atoms with Crippen LogP contribution in [0, 0.1) is 17.6 Å². The van der Waals surface area contributed by atoms with E-state index >= 15 is 0 Å². The lowest BCUT2D eigenvalue weighted by Gasteiger charge is -2.30. The molecule has 2 aromatic carbocycles. The van der Waals surface area contributed by atoms with Crippen LogP contribution in [0.15, 0.2) is 54.6 Å². The van der Waals surface area contributed by atoms with Gasteiger partial charge in [-0.3, -0.25) is 4.79 Å². The molecule has 1 N–H and O–H groups in total. The summed E-state index contributed by atoms with van der Waals surface area (Å²) in [4.78, 5) is 15.1. The minimum absolute atomic E-state index is 0.0409. The molecule has 170 valence electrons. The Morgan fingerprint density at radius 2 is 1.88 bits per heavy atom. The van der Waals surface area contributed by atoms with Gasteiger partial charge in [0.15, 0.2) is 0 Å². The van der Waals surface area contributed by atoms with E-state index in [-0.39, 0.29) is 35.6 Å². The zero-order valence-corrected chi connectivity index (χ0v) is 18.8. The summed E-state index contributed by atoms with van der Waals surface area (Å²) in [5.74, 6) is -2.01. The summed E-state index contributed by atoms with van der Waals surface area (Å²) in [7, 11) is -3.73. The number of halogens is 3. The summed E-state index contributed by atoms with van der Waals surface area (Å²) in [6, 6.07) is 10.9. The molecule has 4 rings (SSSR count). The second-order valence-electron chi connectivity index (χ2n) is 8.08. The molecule has 32 heavy (non-hydrogen) atoms. The summed E-state index contributed by atoms with van der Waals surface area (Å²) in [6.45, 7) is 0.0409. The van der Waals surface area contributed by atoms with Crippen LogP contribution in [0.4, 0.5) is 8.78 Å². The Hall–Kier alpha value is -2.29. The van der Waals surface area contributed by atoms with Crippen LogP contribution in [-0.4, -0.2) is 43.4 Å². The summed E-state index contributed by atoms with van der Waals surface area (Å²) < 4.78 is 55.5. The van der Waals surface area contributed by atoms with Crippen molar-refractivity contribution < 1.29 is 22.0 Å². The average molecular weight is 481 g/mol. The lowest BCUT2D eigenvalue weighted by atomic mass is 10.0. The first kappa shape index (κ1) is 22.9. The number of amides is 1. The van der Waals surface area contributed by atoms with Crippen molar-refractivity contribution in [3.63, 3.8) is 0 Å². The monoisotopic (exact) mass is 480 g/mol. The number of hydrogen-bond acceptors (Lipinski definition) is 3. The zero-order valence-electron chi connectivity index (χ0n) is 17.2. The quantitative estimate of drug-likeness (QED) is 0.583. The predicted octanol–water partition coefficient (Wildman–Crippen LogP) is 3.87. The molecule has 1 aliphatic carbocycles. The van der Waals surface area contributed by atoms with Crippen molar-refractivity contribution in [3.8, 4) is 0 Å². The van der Waals surface area contributed by atoms with Crippen molar-refractivity contribution in [1.82, 2.24) is 9.62 Å². The van der Waals surface area contributed by atoms with Crippen LogP contribution in [-0.2, 0) is 14.8 Å². The Morgan fingerprint density at radius 3 is 2.53 bits per heavy atom. The molecule has 0 saturated heterocycles. The highest BCUT2D eigenvalue weighted by atomic mass is 35.5. The molecule has 2 aliphatic rings. The van der Waals surface area contributed by atoms with E-state index in [9.17, 15) is 22.0 Å². The second-order valence-corrected chi connectivity index (χ2v) is 10.3. The van der Waals surface area contributed by atoms with Crippen molar-refractivity contribution in [2.75, 3.05) is 18.2 Å². The van der Waals surface area contributed by atoms with Crippen LogP contribution in [0.1, 0.15) is 30.0 Å². The Labute approximate surface area is 191 Å². The predicted molar refractivity (Wildman–Crippen MR) is 119 cm³/mol. The highest BCUT2D eigenvalue weighted by molar-refractivity contribution is 7.89. The molecule has 1 saturated carbocycles. The summed E-state index contributed by atoms with van der Waals surface area (Å²) in [6.07, 6.45) is 3.22. The summed E-state index contributed by atoms with van der Waals surface area (Å²) in [5.41, 5.74) is 1.36. The van der Waals surface area contributed by atoms with E-state index < -0.39 is 33.7 Å². The number of carbonyl (C=O) groups is 1. The number of sulfonamides is 1. The summed E-state index contributed by atoms with van der Waals surface area (Å²) in [5, 5.41) is 0. The van der Waals surface area contributed by atoms with E-state index in [0.29, 0.717) is 5.57 Å².